The Kier molecular flexibility index (Phi) is 6.57. The molecule has 3 atom stereocenters. The van der Waals surface area contributed by atoms with Crippen LogP contribution in [0.25, 0.3) is 5.57 Å². The number of likely N-dealkylation sites (N-methyl/N-ethyl adjacent to an activating group) is 1. The minimum absolute atomic E-state index is 0.0399. The van der Waals surface area contributed by atoms with Crippen LogP contribution in [0.15, 0.2) is 18.3 Å². The minimum Gasteiger partial charge on any atom is -0.472 e. The molecule has 0 aromatic carbocycles. The number of ether oxygens (including phenoxy) is 1. The molecule has 2 heterocycles. The summed E-state index contributed by atoms with van der Waals surface area (Å²) in [6.45, 7) is 6.06. The van der Waals surface area contributed by atoms with E-state index in [-0.39, 0.29) is 36.5 Å². The van der Waals surface area contributed by atoms with Crippen LogP contribution in [0.2, 0.25) is 0 Å². The fraction of sp³-hybridized carbons (Fsp3) is 0.591. The number of allylic oxidation sites excluding steroid dienone is 2. The first-order valence-electron chi connectivity index (χ1n) is 10.3. The molecule has 1 N–H and O–H groups in total. The van der Waals surface area contributed by atoms with E-state index in [2.05, 4.69) is 11.1 Å². The zero-order valence-corrected chi connectivity index (χ0v) is 17.7. The Morgan fingerprint density at radius 2 is 2.24 bits per heavy atom. The Morgan fingerprint density at radius 3 is 2.86 bits per heavy atom. The van der Waals surface area contributed by atoms with Crippen molar-refractivity contribution in [2.24, 2.45) is 5.92 Å². The molecule has 1 aromatic heterocycles. The average Bonchev–Trinajstić information content (AvgIpc) is 3.24. The summed E-state index contributed by atoms with van der Waals surface area (Å²) in [4.78, 5) is 32.9. The molecule has 0 saturated heterocycles. The first kappa shape index (κ1) is 21.3. The van der Waals surface area contributed by atoms with Gasteiger partial charge in [0.2, 0.25) is 11.8 Å². The molecule has 2 amide bonds. The van der Waals surface area contributed by atoms with Crippen molar-refractivity contribution in [3.8, 4) is 5.88 Å². The number of nitrogens with zero attached hydrogens (tertiary/aromatic N) is 3. The summed E-state index contributed by atoms with van der Waals surface area (Å²) in [5.74, 6) is 0.0267. The molecule has 0 spiro atoms. The van der Waals surface area contributed by atoms with Crippen molar-refractivity contribution in [1.29, 1.82) is 0 Å². The summed E-state index contributed by atoms with van der Waals surface area (Å²) in [7, 11) is 1.74. The number of hydrogen-bond donors (Lipinski definition) is 1. The number of fused-ring (bicyclic) bond motifs is 1. The van der Waals surface area contributed by atoms with Gasteiger partial charge in [0, 0.05) is 32.6 Å². The molecule has 3 rings (SSSR count). The van der Waals surface area contributed by atoms with Gasteiger partial charge in [-0.1, -0.05) is 13.0 Å². The molecule has 0 fully saturated rings. The third-order valence-electron chi connectivity index (χ3n) is 5.92. The highest BCUT2D eigenvalue weighted by molar-refractivity contribution is 5.97. The molecule has 2 aliphatic rings. The van der Waals surface area contributed by atoms with Crippen molar-refractivity contribution in [3.63, 3.8) is 0 Å². The third-order valence-corrected chi connectivity index (χ3v) is 5.92. The Balaban J connectivity index is 2.01. The van der Waals surface area contributed by atoms with E-state index in [0.29, 0.717) is 24.5 Å². The number of carbonyl (C=O) groups excluding carboxylic acids is 2. The lowest BCUT2D eigenvalue weighted by Crippen LogP contribution is -2.50. The summed E-state index contributed by atoms with van der Waals surface area (Å²) in [6, 6.07) is 1.54. The van der Waals surface area contributed by atoms with E-state index in [1.54, 1.807) is 23.0 Å². The van der Waals surface area contributed by atoms with Crippen LogP contribution in [-0.4, -0.2) is 70.6 Å². The summed E-state index contributed by atoms with van der Waals surface area (Å²) in [5.41, 5.74) is 2.57. The molecule has 0 radical (unpaired) electrons. The number of aliphatic hydroxyl groups is 1. The predicted octanol–water partition coefficient (Wildman–Crippen LogP) is 2.35. The minimum atomic E-state index is -0.323. The van der Waals surface area contributed by atoms with E-state index < -0.39 is 0 Å². The van der Waals surface area contributed by atoms with Crippen molar-refractivity contribution in [3.05, 3.63) is 29.5 Å². The largest absolute Gasteiger partial charge is 0.472 e. The second kappa shape index (κ2) is 8.95. The van der Waals surface area contributed by atoms with E-state index >= 15 is 0 Å². The van der Waals surface area contributed by atoms with Crippen LogP contribution in [0.4, 0.5) is 0 Å². The number of pyridine rings is 1. The van der Waals surface area contributed by atoms with Crippen LogP contribution in [0.1, 0.15) is 56.0 Å². The topological polar surface area (TPSA) is 83.0 Å². The normalized spacial score (nSPS) is 22.9. The van der Waals surface area contributed by atoms with Gasteiger partial charge in [-0.3, -0.25) is 9.59 Å². The number of aromatic nitrogens is 1. The van der Waals surface area contributed by atoms with Gasteiger partial charge in [-0.2, -0.15) is 0 Å². The summed E-state index contributed by atoms with van der Waals surface area (Å²) in [6.07, 6.45) is 6.78. The highest BCUT2D eigenvalue weighted by atomic mass is 16.5. The molecule has 7 heteroatoms. The van der Waals surface area contributed by atoms with Crippen LogP contribution < -0.4 is 4.74 Å². The number of aliphatic hydroxyl groups excluding tert-OH is 1. The van der Waals surface area contributed by atoms with Gasteiger partial charge < -0.3 is 19.6 Å². The lowest BCUT2D eigenvalue weighted by molar-refractivity contribution is -0.129. The summed E-state index contributed by atoms with van der Waals surface area (Å²) in [5, 5.41) is 9.71. The van der Waals surface area contributed by atoms with Gasteiger partial charge in [0.05, 0.1) is 19.2 Å². The Bertz CT molecular complexity index is 807. The van der Waals surface area contributed by atoms with Crippen molar-refractivity contribution in [1.82, 2.24) is 14.8 Å². The van der Waals surface area contributed by atoms with Crippen LogP contribution in [0.5, 0.6) is 5.88 Å². The number of rotatable bonds is 5. The Hall–Kier alpha value is -2.41. The third kappa shape index (κ3) is 4.61. The van der Waals surface area contributed by atoms with Gasteiger partial charge in [-0.25, -0.2) is 4.98 Å². The van der Waals surface area contributed by atoms with Crippen molar-refractivity contribution in [2.45, 2.75) is 52.2 Å². The maximum Gasteiger partial charge on any atom is 0.259 e. The lowest BCUT2D eigenvalue weighted by atomic mass is 9.99. The van der Waals surface area contributed by atoms with E-state index in [9.17, 15) is 14.7 Å². The van der Waals surface area contributed by atoms with Crippen LogP contribution in [-0.2, 0) is 4.79 Å². The van der Waals surface area contributed by atoms with Gasteiger partial charge in [-0.15, -0.1) is 0 Å². The zero-order chi connectivity index (χ0) is 21.1. The summed E-state index contributed by atoms with van der Waals surface area (Å²) < 4.78 is 6.19. The smallest absolute Gasteiger partial charge is 0.259 e. The molecule has 0 unspecified atom stereocenters. The zero-order valence-electron chi connectivity index (χ0n) is 17.7. The van der Waals surface area contributed by atoms with Crippen molar-refractivity contribution in [2.75, 3.05) is 26.7 Å². The van der Waals surface area contributed by atoms with E-state index in [4.69, 9.17) is 4.74 Å². The fourth-order valence-corrected chi connectivity index (χ4v) is 3.83. The SMILES string of the molecule is CC(=O)N(C)C[C@@H]1Oc2ncc(C3=CCCC3)cc2C(=O)N([C@H](C)CO)C[C@H]1C. The second-order valence-electron chi connectivity index (χ2n) is 8.22. The molecule has 1 aliphatic heterocycles. The monoisotopic (exact) mass is 401 g/mol. The van der Waals surface area contributed by atoms with Crippen LogP contribution >= 0.6 is 0 Å². The Labute approximate surface area is 172 Å². The molecule has 7 nitrogen and oxygen atoms in total. The quantitative estimate of drug-likeness (QED) is 0.819. The lowest BCUT2D eigenvalue weighted by Gasteiger charge is -2.37. The number of amides is 2. The molecule has 1 aliphatic carbocycles. The van der Waals surface area contributed by atoms with E-state index in [1.165, 1.54) is 12.5 Å². The first-order valence-corrected chi connectivity index (χ1v) is 10.3. The molecule has 0 saturated carbocycles. The molecule has 29 heavy (non-hydrogen) atoms. The van der Waals surface area contributed by atoms with Crippen LogP contribution in [0, 0.1) is 5.92 Å². The molecule has 0 bridgehead atoms. The number of carbonyl (C=O) groups is 2. The van der Waals surface area contributed by atoms with Gasteiger partial charge in [0.15, 0.2) is 0 Å². The van der Waals surface area contributed by atoms with Crippen molar-refractivity contribution < 1.29 is 19.4 Å². The van der Waals surface area contributed by atoms with Gasteiger partial charge >= 0.3 is 0 Å². The fourth-order valence-electron chi connectivity index (χ4n) is 3.83. The highest BCUT2D eigenvalue weighted by Gasteiger charge is 2.34. The first-order chi connectivity index (χ1) is 13.8. The molecule has 1 aromatic rings. The maximum absolute atomic E-state index is 13.4. The maximum atomic E-state index is 13.4. The number of hydrogen-bond acceptors (Lipinski definition) is 5. The van der Waals surface area contributed by atoms with Crippen molar-refractivity contribution >= 4 is 17.4 Å². The predicted molar refractivity (Wildman–Crippen MR) is 111 cm³/mol. The average molecular weight is 402 g/mol. The highest BCUT2D eigenvalue weighted by Crippen LogP contribution is 2.32. The van der Waals surface area contributed by atoms with Gasteiger partial charge in [-0.05, 0) is 43.4 Å². The van der Waals surface area contributed by atoms with E-state index in [0.717, 1.165) is 24.8 Å². The molecule has 158 valence electrons. The Morgan fingerprint density at radius 1 is 1.48 bits per heavy atom. The second-order valence-corrected chi connectivity index (χ2v) is 8.22. The van der Waals surface area contributed by atoms with Crippen LogP contribution in [0.3, 0.4) is 0 Å². The van der Waals surface area contributed by atoms with Gasteiger partial charge in [0.1, 0.15) is 11.7 Å². The summed E-state index contributed by atoms with van der Waals surface area (Å²) >= 11 is 0. The van der Waals surface area contributed by atoms with Gasteiger partial charge in [0.25, 0.3) is 5.91 Å². The molecular weight excluding hydrogens is 370 g/mol. The molecular formula is C22H31N3O4. The van der Waals surface area contributed by atoms with E-state index in [1.807, 2.05) is 19.9 Å². The standard InChI is InChI=1S/C22H31N3O4/c1-14-11-25(15(2)13-26)22(28)19-9-18(17-7-5-6-8-17)10-23-21(19)29-20(14)12-24(4)16(3)27/h7,9-10,14-15,20,26H,5-6,8,11-13H2,1-4H3/t14-,15-,20+/m1/s1.